The van der Waals surface area contributed by atoms with Crippen LogP contribution in [0.15, 0.2) is 22.6 Å². The first-order valence-electron chi connectivity index (χ1n) is 8.32. The van der Waals surface area contributed by atoms with E-state index in [1.54, 1.807) is 0 Å². The molecule has 0 aliphatic carbocycles. The lowest BCUT2D eigenvalue weighted by molar-refractivity contribution is -0.125. The molecule has 0 spiro atoms. The minimum absolute atomic E-state index is 0.0650. The monoisotopic (exact) mass is 315 g/mol. The summed E-state index contributed by atoms with van der Waals surface area (Å²) < 4.78 is 5.48. The molecule has 1 saturated heterocycles. The van der Waals surface area contributed by atoms with E-state index in [1.807, 2.05) is 25.1 Å². The summed E-state index contributed by atoms with van der Waals surface area (Å²) in [6.45, 7) is 10.2. The van der Waals surface area contributed by atoms with Crippen molar-refractivity contribution in [1.29, 1.82) is 0 Å². The second-order valence-electron chi connectivity index (χ2n) is 7.09. The molecule has 23 heavy (non-hydrogen) atoms. The standard InChI is InChI=1S/C18H25N3O2/c1-12(2)11-21-9-5-8-18(21,4)17(22)20-14-6-7-16-15(10-14)19-13(3)23-16/h6-7,10,12H,5,8-9,11H2,1-4H3,(H,20,22). The maximum Gasteiger partial charge on any atom is 0.244 e. The fraction of sp³-hybridized carbons (Fsp3) is 0.556. The number of carbonyl (C=O) groups is 1. The molecule has 5 nitrogen and oxygen atoms in total. The molecule has 1 aromatic heterocycles. The number of benzene rings is 1. The topological polar surface area (TPSA) is 58.4 Å². The molecule has 1 unspecified atom stereocenters. The minimum Gasteiger partial charge on any atom is -0.441 e. The van der Waals surface area contributed by atoms with Crippen LogP contribution in [0.25, 0.3) is 11.1 Å². The van der Waals surface area contributed by atoms with Crippen LogP contribution in [0.5, 0.6) is 0 Å². The summed E-state index contributed by atoms with van der Waals surface area (Å²) in [5.74, 6) is 1.25. The number of likely N-dealkylation sites (tertiary alicyclic amines) is 1. The lowest BCUT2D eigenvalue weighted by Gasteiger charge is -2.35. The number of anilines is 1. The molecule has 1 amide bonds. The van der Waals surface area contributed by atoms with Crippen molar-refractivity contribution in [3.05, 3.63) is 24.1 Å². The van der Waals surface area contributed by atoms with Crippen LogP contribution >= 0.6 is 0 Å². The summed E-state index contributed by atoms with van der Waals surface area (Å²) in [7, 11) is 0. The molecule has 1 N–H and O–H groups in total. The van der Waals surface area contributed by atoms with E-state index in [4.69, 9.17) is 4.42 Å². The van der Waals surface area contributed by atoms with Crippen LogP contribution in [0.4, 0.5) is 5.69 Å². The van der Waals surface area contributed by atoms with Gasteiger partial charge in [0.25, 0.3) is 0 Å². The highest BCUT2D eigenvalue weighted by atomic mass is 16.3. The number of hydrogen-bond donors (Lipinski definition) is 1. The molecule has 2 heterocycles. The van der Waals surface area contributed by atoms with Gasteiger partial charge >= 0.3 is 0 Å². The number of nitrogens with zero attached hydrogens (tertiary/aromatic N) is 2. The highest BCUT2D eigenvalue weighted by molar-refractivity contribution is 5.99. The number of carbonyl (C=O) groups excluding carboxylic acids is 1. The summed E-state index contributed by atoms with van der Waals surface area (Å²) in [4.78, 5) is 19.5. The zero-order chi connectivity index (χ0) is 16.6. The van der Waals surface area contributed by atoms with Crippen LogP contribution in [0, 0.1) is 12.8 Å². The smallest absolute Gasteiger partial charge is 0.244 e. The Kier molecular flexibility index (Phi) is 4.15. The molecule has 2 aromatic rings. The molecular formula is C18H25N3O2. The molecule has 0 radical (unpaired) electrons. The number of amides is 1. The molecule has 5 heteroatoms. The Morgan fingerprint density at radius 1 is 1.48 bits per heavy atom. The van der Waals surface area contributed by atoms with Gasteiger partial charge in [0.05, 0.1) is 5.54 Å². The molecular weight excluding hydrogens is 290 g/mol. The van der Waals surface area contributed by atoms with Crippen LogP contribution in [0.3, 0.4) is 0 Å². The van der Waals surface area contributed by atoms with E-state index in [9.17, 15) is 4.79 Å². The van der Waals surface area contributed by atoms with E-state index in [1.165, 1.54) is 0 Å². The van der Waals surface area contributed by atoms with Gasteiger partial charge in [0.2, 0.25) is 5.91 Å². The quantitative estimate of drug-likeness (QED) is 0.937. The SMILES string of the molecule is Cc1nc2cc(NC(=O)C3(C)CCCN3CC(C)C)ccc2o1. The zero-order valence-electron chi connectivity index (χ0n) is 14.3. The summed E-state index contributed by atoms with van der Waals surface area (Å²) >= 11 is 0. The summed E-state index contributed by atoms with van der Waals surface area (Å²) in [6, 6.07) is 5.60. The molecule has 0 bridgehead atoms. The van der Waals surface area contributed by atoms with Gasteiger partial charge < -0.3 is 9.73 Å². The Balaban J connectivity index is 1.78. The fourth-order valence-corrected chi connectivity index (χ4v) is 3.40. The van der Waals surface area contributed by atoms with Gasteiger partial charge in [0.1, 0.15) is 5.52 Å². The third kappa shape index (κ3) is 3.11. The second kappa shape index (κ2) is 5.96. The first-order valence-corrected chi connectivity index (χ1v) is 8.32. The van der Waals surface area contributed by atoms with Gasteiger partial charge in [-0.3, -0.25) is 9.69 Å². The first kappa shape index (κ1) is 16.0. The number of nitrogens with one attached hydrogen (secondary N) is 1. The number of oxazole rings is 1. The lowest BCUT2D eigenvalue weighted by Crippen LogP contribution is -2.51. The second-order valence-corrected chi connectivity index (χ2v) is 7.09. The summed E-state index contributed by atoms with van der Waals surface area (Å²) in [6.07, 6.45) is 1.97. The van der Waals surface area contributed by atoms with Gasteiger partial charge in [-0.15, -0.1) is 0 Å². The fourth-order valence-electron chi connectivity index (χ4n) is 3.40. The van der Waals surface area contributed by atoms with Gasteiger partial charge in [0, 0.05) is 19.2 Å². The van der Waals surface area contributed by atoms with E-state index in [-0.39, 0.29) is 5.91 Å². The zero-order valence-corrected chi connectivity index (χ0v) is 14.3. The van der Waals surface area contributed by atoms with Gasteiger partial charge in [0.15, 0.2) is 11.5 Å². The van der Waals surface area contributed by atoms with E-state index in [0.29, 0.717) is 11.8 Å². The number of aromatic nitrogens is 1. The highest BCUT2D eigenvalue weighted by Crippen LogP contribution is 2.31. The number of hydrogen-bond acceptors (Lipinski definition) is 4. The van der Waals surface area contributed by atoms with Crippen LogP contribution in [0.2, 0.25) is 0 Å². The molecule has 0 saturated carbocycles. The van der Waals surface area contributed by atoms with Crippen LogP contribution in [0.1, 0.15) is 39.5 Å². The van der Waals surface area contributed by atoms with E-state index < -0.39 is 5.54 Å². The minimum atomic E-state index is -0.432. The van der Waals surface area contributed by atoms with Crippen molar-refractivity contribution < 1.29 is 9.21 Å². The third-order valence-corrected chi connectivity index (χ3v) is 4.62. The van der Waals surface area contributed by atoms with Crippen molar-refractivity contribution in [2.75, 3.05) is 18.4 Å². The maximum absolute atomic E-state index is 12.9. The molecule has 1 atom stereocenters. The van der Waals surface area contributed by atoms with E-state index in [0.717, 1.165) is 42.7 Å². The lowest BCUT2D eigenvalue weighted by atomic mass is 9.96. The van der Waals surface area contributed by atoms with E-state index in [2.05, 4.69) is 36.0 Å². The first-order chi connectivity index (χ1) is 10.9. The number of aryl methyl sites for hydroxylation is 1. The Morgan fingerprint density at radius 3 is 3.00 bits per heavy atom. The largest absolute Gasteiger partial charge is 0.441 e. The summed E-state index contributed by atoms with van der Waals surface area (Å²) in [5.41, 5.74) is 1.86. The van der Waals surface area contributed by atoms with Crippen molar-refractivity contribution >= 4 is 22.7 Å². The van der Waals surface area contributed by atoms with Crippen molar-refractivity contribution in [3.63, 3.8) is 0 Å². The van der Waals surface area contributed by atoms with E-state index >= 15 is 0 Å². The van der Waals surface area contributed by atoms with Crippen molar-refractivity contribution in [2.24, 2.45) is 5.92 Å². The third-order valence-electron chi connectivity index (χ3n) is 4.62. The molecule has 3 rings (SSSR count). The Bertz CT molecular complexity index is 722. The maximum atomic E-state index is 12.9. The van der Waals surface area contributed by atoms with Crippen molar-refractivity contribution in [3.8, 4) is 0 Å². The molecule has 1 aliphatic rings. The van der Waals surface area contributed by atoms with Crippen molar-refractivity contribution in [2.45, 2.75) is 46.1 Å². The van der Waals surface area contributed by atoms with Crippen LogP contribution < -0.4 is 5.32 Å². The number of fused-ring (bicyclic) bond motifs is 1. The van der Waals surface area contributed by atoms with Crippen molar-refractivity contribution in [1.82, 2.24) is 9.88 Å². The van der Waals surface area contributed by atoms with Gasteiger partial charge in [-0.05, 0) is 50.4 Å². The Hall–Kier alpha value is -1.88. The average Bonchev–Trinajstić information content (AvgIpc) is 3.01. The van der Waals surface area contributed by atoms with Crippen LogP contribution in [-0.2, 0) is 4.79 Å². The Labute approximate surface area is 137 Å². The molecule has 124 valence electrons. The summed E-state index contributed by atoms with van der Waals surface area (Å²) in [5, 5.41) is 3.07. The normalized spacial score (nSPS) is 22.1. The number of rotatable bonds is 4. The molecule has 1 fully saturated rings. The Morgan fingerprint density at radius 2 is 2.26 bits per heavy atom. The molecule has 1 aliphatic heterocycles. The predicted molar refractivity (Wildman–Crippen MR) is 91.4 cm³/mol. The molecule has 1 aromatic carbocycles. The average molecular weight is 315 g/mol. The highest BCUT2D eigenvalue weighted by Gasteiger charge is 2.43. The van der Waals surface area contributed by atoms with Gasteiger partial charge in [-0.1, -0.05) is 13.8 Å². The van der Waals surface area contributed by atoms with Crippen LogP contribution in [-0.4, -0.2) is 34.4 Å². The van der Waals surface area contributed by atoms with Gasteiger partial charge in [-0.2, -0.15) is 0 Å². The predicted octanol–water partition coefficient (Wildman–Crippen LogP) is 3.59. The van der Waals surface area contributed by atoms with Gasteiger partial charge in [-0.25, -0.2) is 4.98 Å².